The molecule has 0 atom stereocenters. The second kappa shape index (κ2) is 8.54. The third kappa shape index (κ3) is 4.13. The Balaban J connectivity index is 1.45. The summed E-state index contributed by atoms with van der Waals surface area (Å²) in [5.74, 6) is -0.952. The number of fused-ring (bicyclic) bond motifs is 1. The van der Waals surface area contributed by atoms with E-state index in [2.05, 4.69) is 46.4 Å². The van der Waals surface area contributed by atoms with Gasteiger partial charge in [0, 0.05) is 10.5 Å². The Morgan fingerprint density at radius 3 is 2.31 bits per heavy atom. The quantitative estimate of drug-likeness (QED) is 0.289. The van der Waals surface area contributed by atoms with Crippen LogP contribution in [0.5, 0.6) is 0 Å². The van der Waals surface area contributed by atoms with Gasteiger partial charge in [-0.25, -0.2) is 9.78 Å². The monoisotopic (exact) mass is 456 g/mol. The van der Waals surface area contributed by atoms with Crippen LogP contribution in [0.4, 0.5) is 0 Å². The summed E-state index contributed by atoms with van der Waals surface area (Å²) in [6, 6.07) is 29.2. The van der Waals surface area contributed by atoms with E-state index in [0.717, 1.165) is 32.6 Å². The Bertz CT molecular complexity index is 1430. The molecule has 0 aliphatic carbocycles. The normalized spacial score (nSPS) is 11.0. The van der Waals surface area contributed by atoms with E-state index in [1.54, 1.807) is 18.2 Å². The number of aromatic amines is 1. The van der Waals surface area contributed by atoms with Crippen LogP contribution in [0.1, 0.15) is 10.4 Å². The van der Waals surface area contributed by atoms with Crippen LogP contribution in [0.3, 0.4) is 0 Å². The van der Waals surface area contributed by atoms with Gasteiger partial charge in [-0.1, -0.05) is 84.0 Å². The molecule has 6 heteroatoms. The number of halogens is 1. The summed E-state index contributed by atoms with van der Waals surface area (Å²) in [6.45, 7) is 0. The van der Waals surface area contributed by atoms with Gasteiger partial charge < -0.3 is 10.1 Å². The van der Waals surface area contributed by atoms with Crippen molar-refractivity contribution < 1.29 is 9.90 Å². The van der Waals surface area contributed by atoms with Crippen molar-refractivity contribution in [1.29, 1.82) is 0 Å². The van der Waals surface area contributed by atoms with Crippen LogP contribution in [0.2, 0.25) is 5.02 Å². The van der Waals surface area contributed by atoms with Gasteiger partial charge in [-0.3, -0.25) is 0 Å². The predicted molar refractivity (Wildman–Crippen MR) is 129 cm³/mol. The van der Waals surface area contributed by atoms with Crippen molar-refractivity contribution in [3.63, 3.8) is 0 Å². The molecule has 0 unspecified atom stereocenters. The standard InChI is InChI=1S/C26H17ClN2O2S/c27-22-15-24-23(28-26(29-24)32-20-8-4-7-19(13-20)25(30)31)14-21(22)18-11-9-17(10-12-18)16-5-2-1-3-6-16/h1-15H,(H,28,29)(H,30,31). The van der Waals surface area contributed by atoms with Gasteiger partial charge in [-0.05, 0) is 47.0 Å². The van der Waals surface area contributed by atoms with Crippen LogP contribution in [-0.2, 0) is 0 Å². The molecule has 0 saturated carbocycles. The molecule has 0 fully saturated rings. The molecule has 5 rings (SSSR count). The minimum absolute atomic E-state index is 0.246. The number of carboxylic acid groups (broad SMARTS) is 1. The Morgan fingerprint density at radius 2 is 1.56 bits per heavy atom. The van der Waals surface area contributed by atoms with Crippen molar-refractivity contribution in [3.8, 4) is 22.3 Å². The fourth-order valence-electron chi connectivity index (χ4n) is 3.55. The van der Waals surface area contributed by atoms with Crippen LogP contribution < -0.4 is 0 Å². The smallest absolute Gasteiger partial charge is 0.335 e. The maximum atomic E-state index is 11.2. The molecule has 32 heavy (non-hydrogen) atoms. The number of H-pyrrole nitrogens is 1. The highest BCUT2D eigenvalue weighted by atomic mass is 35.5. The van der Waals surface area contributed by atoms with E-state index in [1.165, 1.54) is 17.3 Å². The van der Waals surface area contributed by atoms with E-state index in [0.29, 0.717) is 10.2 Å². The molecular formula is C26H17ClN2O2S. The summed E-state index contributed by atoms with van der Waals surface area (Å²) >= 11 is 7.98. The van der Waals surface area contributed by atoms with Gasteiger partial charge in [0.05, 0.1) is 21.6 Å². The van der Waals surface area contributed by atoms with Crippen molar-refractivity contribution in [3.05, 3.63) is 102 Å². The third-order valence-corrected chi connectivity index (χ3v) is 6.34. The van der Waals surface area contributed by atoms with Gasteiger partial charge in [0.25, 0.3) is 0 Å². The van der Waals surface area contributed by atoms with Gasteiger partial charge in [-0.2, -0.15) is 0 Å². The van der Waals surface area contributed by atoms with Gasteiger partial charge in [0.15, 0.2) is 5.16 Å². The van der Waals surface area contributed by atoms with Gasteiger partial charge in [-0.15, -0.1) is 0 Å². The molecule has 1 heterocycles. The lowest BCUT2D eigenvalue weighted by atomic mass is 10.00. The average molecular weight is 457 g/mol. The number of rotatable bonds is 5. The molecule has 2 N–H and O–H groups in total. The Hall–Kier alpha value is -3.54. The minimum atomic E-state index is -0.952. The average Bonchev–Trinajstić information content (AvgIpc) is 3.20. The number of nitrogens with one attached hydrogen (secondary N) is 1. The fourth-order valence-corrected chi connectivity index (χ4v) is 4.69. The summed E-state index contributed by atoms with van der Waals surface area (Å²) in [5.41, 5.74) is 6.12. The van der Waals surface area contributed by atoms with E-state index in [4.69, 9.17) is 11.6 Å². The SMILES string of the molecule is O=C(O)c1cccc(Sc2nc3cc(-c4ccc(-c5ccccc5)cc4)c(Cl)cc3[nH]2)c1. The summed E-state index contributed by atoms with van der Waals surface area (Å²) in [5, 5.41) is 10.5. The van der Waals surface area contributed by atoms with E-state index in [-0.39, 0.29) is 5.56 Å². The summed E-state index contributed by atoms with van der Waals surface area (Å²) < 4.78 is 0. The molecule has 4 aromatic carbocycles. The first kappa shape index (κ1) is 20.4. The van der Waals surface area contributed by atoms with E-state index in [1.807, 2.05) is 36.4 Å². The van der Waals surface area contributed by atoms with Crippen molar-refractivity contribution in [2.24, 2.45) is 0 Å². The second-order valence-corrected chi connectivity index (χ2v) is 8.74. The van der Waals surface area contributed by atoms with Crippen molar-refractivity contribution >= 4 is 40.4 Å². The van der Waals surface area contributed by atoms with Crippen LogP contribution in [0.15, 0.2) is 101 Å². The highest BCUT2D eigenvalue weighted by Gasteiger charge is 2.12. The molecule has 0 aliphatic rings. The van der Waals surface area contributed by atoms with Crippen LogP contribution in [0.25, 0.3) is 33.3 Å². The molecule has 0 radical (unpaired) electrons. The molecule has 0 bridgehead atoms. The van der Waals surface area contributed by atoms with Gasteiger partial charge >= 0.3 is 5.97 Å². The predicted octanol–water partition coefficient (Wildman–Crippen LogP) is 7.40. The van der Waals surface area contributed by atoms with Crippen LogP contribution in [-0.4, -0.2) is 21.0 Å². The van der Waals surface area contributed by atoms with E-state index in [9.17, 15) is 9.90 Å². The lowest BCUT2D eigenvalue weighted by Crippen LogP contribution is -1.95. The molecule has 0 spiro atoms. The molecule has 0 aliphatic heterocycles. The lowest BCUT2D eigenvalue weighted by Gasteiger charge is -2.07. The number of hydrogen-bond donors (Lipinski definition) is 2. The highest BCUT2D eigenvalue weighted by Crippen LogP contribution is 2.35. The third-order valence-electron chi connectivity index (χ3n) is 5.15. The first-order valence-electron chi connectivity index (χ1n) is 9.93. The molecule has 156 valence electrons. The molecule has 5 aromatic rings. The van der Waals surface area contributed by atoms with Gasteiger partial charge in [0.1, 0.15) is 0 Å². The zero-order chi connectivity index (χ0) is 22.1. The second-order valence-electron chi connectivity index (χ2n) is 7.27. The molecule has 4 nitrogen and oxygen atoms in total. The maximum Gasteiger partial charge on any atom is 0.335 e. The fraction of sp³-hybridized carbons (Fsp3) is 0. The molecule has 0 saturated heterocycles. The number of hydrogen-bond acceptors (Lipinski definition) is 3. The summed E-state index contributed by atoms with van der Waals surface area (Å²) in [7, 11) is 0. The first-order chi connectivity index (χ1) is 15.6. The Labute approximate surface area is 193 Å². The summed E-state index contributed by atoms with van der Waals surface area (Å²) in [4.78, 5) is 19.9. The van der Waals surface area contributed by atoms with Gasteiger partial charge in [0.2, 0.25) is 0 Å². The highest BCUT2D eigenvalue weighted by molar-refractivity contribution is 7.99. The number of carbonyl (C=O) groups is 1. The Morgan fingerprint density at radius 1 is 0.844 bits per heavy atom. The number of imidazole rings is 1. The molecule has 0 amide bonds. The van der Waals surface area contributed by atoms with Crippen molar-refractivity contribution in [2.45, 2.75) is 10.1 Å². The maximum absolute atomic E-state index is 11.2. The number of aromatic carboxylic acids is 1. The van der Waals surface area contributed by atoms with Crippen molar-refractivity contribution in [1.82, 2.24) is 9.97 Å². The number of aromatic nitrogens is 2. The topological polar surface area (TPSA) is 66.0 Å². The number of carboxylic acids is 1. The summed E-state index contributed by atoms with van der Waals surface area (Å²) in [6.07, 6.45) is 0. The molecule has 1 aromatic heterocycles. The largest absolute Gasteiger partial charge is 0.478 e. The lowest BCUT2D eigenvalue weighted by molar-refractivity contribution is 0.0696. The minimum Gasteiger partial charge on any atom is -0.478 e. The van der Waals surface area contributed by atoms with Crippen LogP contribution >= 0.6 is 23.4 Å². The number of benzene rings is 4. The van der Waals surface area contributed by atoms with Crippen molar-refractivity contribution in [2.75, 3.05) is 0 Å². The van der Waals surface area contributed by atoms with E-state index >= 15 is 0 Å². The number of nitrogens with zero attached hydrogens (tertiary/aromatic N) is 1. The Kier molecular flexibility index (Phi) is 5.43. The molecular weight excluding hydrogens is 440 g/mol. The van der Waals surface area contributed by atoms with Crippen LogP contribution in [0, 0.1) is 0 Å². The zero-order valence-electron chi connectivity index (χ0n) is 16.7. The van der Waals surface area contributed by atoms with E-state index < -0.39 is 5.97 Å². The zero-order valence-corrected chi connectivity index (χ0v) is 18.3. The first-order valence-corrected chi connectivity index (χ1v) is 11.1.